The fourth-order valence-electron chi connectivity index (χ4n) is 3.07. The van der Waals surface area contributed by atoms with Crippen LogP contribution in [0.5, 0.6) is 0 Å². The number of aromatic nitrogens is 2. The van der Waals surface area contributed by atoms with Crippen molar-refractivity contribution < 1.29 is 13.6 Å². The molecule has 0 atom stereocenters. The van der Waals surface area contributed by atoms with Crippen LogP contribution in [0.2, 0.25) is 0 Å². The van der Waals surface area contributed by atoms with E-state index in [1.54, 1.807) is 4.57 Å². The third kappa shape index (κ3) is 4.24. The molecule has 0 radical (unpaired) electrons. The van der Waals surface area contributed by atoms with Gasteiger partial charge in [-0.25, -0.2) is 13.8 Å². The number of amides is 1. The highest BCUT2D eigenvalue weighted by Crippen LogP contribution is 2.21. The van der Waals surface area contributed by atoms with E-state index in [1.165, 1.54) is 6.07 Å². The third-order valence-electron chi connectivity index (χ3n) is 4.45. The Balaban J connectivity index is 1.56. The number of benzene rings is 3. The normalized spacial score (nSPS) is 10.8. The predicted molar refractivity (Wildman–Crippen MR) is 108 cm³/mol. The van der Waals surface area contributed by atoms with E-state index in [0.29, 0.717) is 12.5 Å². The average Bonchev–Trinajstić information content (AvgIpc) is 3.07. The molecule has 0 aliphatic heterocycles. The molecule has 146 valence electrons. The first-order valence-electron chi connectivity index (χ1n) is 9.08. The number of carbonyl (C=O) groups is 1. The number of rotatable bonds is 6. The lowest BCUT2D eigenvalue weighted by atomic mass is 10.2. The Labute approximate surface area is 166 Å². The van der Waals surface area contributed by atoms with Crippen LogP contribution < -0.4 is 10.6 Å². The zero-order chi connectivity index (χ0) is 20.2. The summed E-state index contributed by atoms with van der Waals surface area (Å²) in [6.07, 6.45) is 0. The Morgan fingerprint density at radius 1 is 0.931 bits per heavy atom. The predicted octanol–water partition coefficient (Wildman–Crippen LogP) is 4.57. The van der Waals surface area contributed by atoms with Crippen molar-refractivity contribution in [3.05, 3.63) is 90.0 Å². The molecule has 4 aromatic rings. The highest BCUT2D eigenvalue weighted by molar-refractivity contribution is 5.92. The topological polar surface area (TPSA) is 59.0 Å². The number of nitrogens with one attached hydrogen (secondary N) is 2. The van der Waals surface area contributed by atoms with Crippen molar-refractivity contribution in [1.29, 1.82) is 0 Å². The molecule has 0 aliphatic carbocycles. The van der Waals surface area contributed by atoms with Crippen molar-refractivity contribution in [2.24, 2.45) is 0 Å². The lowest BCUT2D eigenvalue weighted by Gasteiger charge is -2.11. The zero-order valence-corrected chi connectivity index (χ0v) is 15.4. The lowest BCUT2D eigenvalue weighted by molar-refractivity contribution is -0.116. The van der Waals surface area contributed by atoms with E-state index < -0.39 is 11.6 Å². The fourth-order valence-corrected chi connectivity index (χ4v) is 3.07. The van der Waals surface area contributed by atoms with Crippen LogP contribution in [0.4, 0.5) is 20.4 Å². The number of hydrogen-bond donors (Lipinski definition) is 2. The molecule has 2 N–H and O–H groups in total. The van der Waals surface area contributed by atoms with Gasteiger partial charge in [-0.15, -0.1) is 0 Å². The maximum absolute atomic E-state index is 13.4. The molecule has 3 aromatic carbocycles. The van der Waals surface area contributed by atoms with E-state index in [0.717, 1.165) is 28.7 Å². The van der Waals surface area contributed by atoms with Crippen molar-refractivity contribution in [1.82, 2.24) is 9.55 Å². The standard InChI is InChI=1S/C22H18F2N4O/c23-17-11-10-16(12-18(17)24)26-21(29)14-28-20-9-5-4-8-19(20)27-22(28)25-13-15-6-2-1-3-7-15/h1-12H,13-14H2,(H,25,27)(H,26,29). The van der Waals surface area contributed by atoms with Crippen molar-refractivity contribution >= 4 is 28.6 Å². The molecule has 0 fully saturated rings. The largest absolute Gasteiger partial charge is 0.352 e. The molecule has 1 amide bonds. The van der Waals surface area contributed by atoms with Gasteiger partial charge < -0.3 is 15.2 Å². The van der Waals surface area contributed by atoms with E-state index in [9.17, 15) is 13.6 Å². The number of anilines is 2. The molecule has 0 saturated heterocycles. The summed E-state index contributed by atoms with van der Waals surface area (Å²) in [6, 6.07) is 20.6. The van der Waals surface area contributed by atoms with Gasteiger partial charge in [0.15, 0.2) is 11.6 Å². The number of fused-ring (bicyclic) bond motifs is 1. The van der Waals surface area contributed by atoms with E-state index >= 15 is 0 Å². The number of halogens is 2. The molecule has 0 saturated carbocycles. The van der Waals surface area contributed by atoms with Crippen LogP contribution in [0.25, 0.3) is 11.0 Å². The van der Waals surface area contributed by atoms with E-state index in [1.807, 2.05) is 54.6 Å². The fraction of sp³-hybridized carbons (Fsp3) is 0.0909. The summed E-state index contributed by atoms with van der Waals surface area (Å²) in [7, 11) is 0. The van der Waals surface area contributed by atoms with Crippen LogP contribution in [-0.2, 0) is 17.9 Å². The SMILES string of the molecule is O=C(Cn1c(NCc2ccccc2)nc2ccccc21)Nc1ccc(F)c(F)c1. The summed E-state index contributed by atoms with van der Waals surface area (Å²) >= 11 is 0. The van der Waals surface area contributed by atoms with Crippen LogP contribution >= 0.6 is 0 Å². The summed E-state index contributed by atoms with van der Waals surface area (Å²) in [5, 5.41) is 5.86. The first-order chi connectivity index (χ1) is 14.1. The summed E-state index contributed by atoms with van der Waals surface area (Å²) in [4.78, 5) is 17.1. The minimum atomic E-state index is -1.01. The maximum atomic E-state index is 13.4. The van der Waals surface area contributed by atoms with E-state index in [4.69, 9.17) is 0 Å². The van der Waals surface area contributed by atoms with Gasteiger partial charge in [-0.1, -0.05) is 42.5 Å². The van der Waals surface area contributed by atoms with Crippen LogP contribution in [0, 0.1) is 11.6 Å². The molecule has 7 heteroatoms. The van der Waals surface area contributed by atoms with Gasteiger partial charge >= 0.3 is 0 Å². The van der Waals surface area contributed by atoms with Gasteiger partial charge in [0.05, 0.1) is 11.0 Å². The number of para-hydroxylation sites is 2. The smallest absolute Gasteiger partial charge is 0.244 e. The Bertz CT molecular complexity index is 1160. The van der Waals surface area contributed by atoms with Crippen molar-refractivity contribution in [2.45, 2.75) is 13.1 Å². The van der Waals surface area contributed by atoms with Gasteiger partial charge in [-0.05, 0) is 29.8 Å². The average molecular weight is 392 g/mol. The highest BCUT2D eigenvalue weighted by atomic mass is 19.2. The summed E-state index contributed by atoms with van der Waals surface area (Å²) in [5.74, 6) is -1.80. The van der Waals surface area contributed by atoms with Gasteiger partial charge in [0, 0.05) is 18.3 Å². The second kappa shape index (κ2) is 8.10. The second-order valence-electron chi connectivity index (χ2n) is 6.53. The van der Waals surface area contributed by atoms with Crippen LogP contribution in [-0.4, -0.2) is 15.5 Å². The van der Waals surface area contributed by atoms with Crippen molar-refractivity contribution in [3.63, 3.8) is 0 Å². The second-order valence-corrected chi connectivity index (χ2v) is 6.53. The Morgan fingerprint density at radius 2 is 1.69 bits per heavy atom. The molecule has 0 bridgehead atoms. The molecule has 0 unspecified atom stereocenters. The minimum Gasteiger partial charge on any atom is -0.352 e. The van der Waals surface area contributed by atoms with Crippen LogP contribution in [0.15, 0.2) is 72.8 Å². The first-order valence-corrected chi connectivity index (χ1v) is 9.08. The quantitative estimate of drug-likeness (QED) is 0.506. The first kappa shape index (κ1) is 18.6. The molecule has 0 spiro atoms. The van der Waals surface area contributed by atoms with Gasteiger partial charge in [-0.3, -0.25) is 4.79 Å². The summed E-state index contributed by atoms with van der Waals surface area (Å²) < 4.78 is 28.2. The van der Waals surface area contributed by atoms with Gasteiger partial charge in [0.25, 0.3) is 0 Å². The zero-order valence-electron chi connectivity index (χ0n) is 15.4. The van der Waals surface area contributed by atoms with Crippen LogP contribution in [0.3, 0.4) is 0 Å². The minimum absolute atomic E-state index is 0.0311. The molecular weight excluding hydrogens is 374 g/mol. The monoisotopic (exact) mass is 392 g/mol. The summed E-state index contributed by atoms with van der Waals surface area (Å²) in [6.45, 7) is 0.519. The van der Waals surface area contributed by atoms with Crippen LogP contribution in [0.1, 0.15) is 5.56 Å². The Kier molecular flexibility index (Phi) is 5.20. The molecule has 4 rings (SSSR count). The van der Waals surface area contributed by atoms with Gasteiger partial charge in [-0.2, -0.15) is 0 Å². The van der Waals surface area contributed by atoms with E-state index in [-0.39, 0.29) is 18.1 Å². The lowest BCUT2D eigenvalue weighted by Crippen LogP contribution is -2.20. The van der Waals surface area contributed by atoms with Crippen molar-refractivity contribution in [2.75, 3.05) is 10.6 Å². The highest BCUT2D eigenvalue weighted by Gasteiger charge is 2.14. The summed E-state index contributed by atoms with van der Waals surface area (Å²) in [5.41, 5.74) is 2.82. The molecule has 1 heterocycles. The molecule has 5 nitrogen and oxygen atoms in total. The molecule has 0 aliphatic rings. The third-order valence-corrected chi connectivity index (χ3v) is 4.45. The number of hydrogen-bond acceptors (Lipinski definition) is 3. The molecule has 1 aromatic heterocycles. The van der Waals surface area contributed by atoms with E-state index in [2.05, 4.69) is 15.6 Å². The Hall–Kier alpha value is -3.74. The van der Waals surface area contributed by atoms with Gasteiger partial charge in [0.1, 0.15) is 6.54 Å². The number of imidazole rings is 1. The molecule has 29 heavy (non-hydrogen) atoms. The molecular formula is C22H18F2N4O. The number of carbonyl (C=O) groups excluding carboxylic acids is 1. The van der Waals surface area contributed by atoms with Crippen molar-refractivity contribution in [3.8, 4) is 0 Å². The Morgan fingerprint density at radius 3 is 2.48 bits per heavy atom. The maximum Gasteiger partial charge on any atom is 0.244 e. The van der Waals surface area contributed by atoms with Gasteiger partial charge in [0.2, 0.25) is 11.9 Å². The number of nitrogens with zero attached hydrogens (tertiary/aromatic N) is 2.